The lowest BCUT2D eigenvalue weighted by Gasteiger charge is -2.14. The minimum atomic E-state index is -4.45. The molecule has 1 aromatic heterocycles. The Kier molecular flexibility index (Phi) is 3.70. The van der Waals surface area contributed by atoms with Gasteiger partial charge in [-0.2, -0.15) is 13.2 Å². The van der Waals surface area contributed by atoms with E-state index in [0.29, 0.717) is 18.3 Å². The fourth-order valence-electron chi connectivity index (χ4n) is 1.86. The first-order valence-electron chi connectivity index (χ1n) is 5.73. The van der Waals surface area contributed by atoms with E-state index < -0.39 is 11.9 Å². The Morgan fingerprint density at radius 3 is 2.67 bits per heavy atom. The van der Waals surface area contributed by atoms with E-state index in [9.17, 15) is 13.2 Å². The zero-order valence-electron chi connectivity index (χ0n) is 9.87. The monoisotopic (exact) mass is 261 g/mol. The minimum Gasteiger partial charge on any atom is -0.378 e. The largest absolute Gasteiger partial charge is 0.435 e. The third-order valence-corrected chi connectivity index (χ3v) is 3.03. The Hall–Kier alpha value is -1.37. The van der Waals surface area contributed by atoms with Crippen molar-refractivity contribution in [3.8, 4) is 0 Å². The van der Waals surface area contributed by atoms with Gasteiger partial charge in [-0.25, -0.2) is 0 Å². The average Bonchev–Trinajstić information content (AvgIpc) is 2.72. The summed E-state index contributed by atoms with van der Waals surface area (Å²) in [5.41, 5.74) is -0.981. The maximum atomic E-state index is 12.3. The van der Waals surface area contributed by atoms with Crippen LogP contribution in [-0.4, -0.2) is 29.5 Å². The van der Waals surface area contributed by atoms with Crippen LogP contribution in [0.1, 0.15) is 19.0 Å². The van der Waals surface area contributed by atoms with Crippen LogP contribution < -0.4 is 5.32 Å². The van der Waals surface area contributed by atoms with Gasteiger partial charge in [-0.15, -0.1) is 10.2 Å². The number of ether oxygens (including phenoxy) is 1. The number of rotatable bonds is 3. The number of halogens is 3. The molecule has 2 heterocycles. The molecule has 0 aliphatic carbocycles. The highest BCUT2D eigenvalue weighted by molar-refractivity contribution is 5.33. The van der Waals surface area contributed by atoms with Crippen molar-refractivity contribution in [2.45, 2.75) is 25.6 Å². The van der Waals surface area contributed by atoms with Crippen molar-refractivity contribution < 1.29 is 17.9 Å². The van der Waals surface area contributed by atoms with Gasteiger partial charge in [0, 0.05) is 19.1 Å². The van der Waals surface area contributed by atoms with Crippen LogP contribution >= 0.6 is 0 Å². The van der Waals surface area contributed by atoms with Crippen LogP contribution in [0, 0.1) is 5.92 Å². The van der Waals surface area contributed by atoms with Crippen molar-refractivity contribution in [3.63, 3.8) is 0 Å². The third-order valence-electron chi connectivity index (χ3n) is 3.03. The third kappa shape index (κ3) is 3.10. The van der Waals surface area contributed by atoms with Gasteiger partial charge in [-0.1, -0.05) is 0 Å². The molecule has 4 nitrogen and oxygen atoms in total. The lowest BCUT2D eigenvalue weighted by molar-refractivity contribution is -0.141. The van der Waals surface area contributed by atoms with Gasteiger partial charge < -0.3 is 10.1 Å². The van der Waals surface area contributed by atoms with Crippen LogP contribution in [0.4, 0.5) is 19.0 Å². The maximum Gasteiger partial charge on any atom is 0.435 e. The second-order valence-electron chi connectivity index (χ2n) is 4.31. The minimum absolute atomic E-state index is 0.167. The van der Waals surface area contributed by atoms with Crippen molar-refractivity contribution in [1.82, 2.24) is 10.2 Å². The predicted molar refractivity (Wildman–Crippen MR) is 59.0 cm³/mol. The first-order chi connectivity index (χ1) is 8.47. The van der Waals surface area contributed by atoms with Crippen molar-refractivity contribution in [2.75, 3.05) is 18.5 Å². The molecule has 0 amide bonds. The fraction of sp³-hybridized carbons (Fsp3) is 0.636. The number of nitrogens with zero attached hydrogens (tertiary/aromatic N) is 2. The van der Waals surface area contributed by atoms with Crippen molar-refractivity contribution in [2.24, 2.45) is 5.92 Å². The van der Waals surface area contributed by atoms with E-state index in [1.807, 2.05) is 6.92 Å². The number of hydrogen-bond donors (Lipinski definition) is 1. The topological polar surface area (TPSA) is 47.0 Å². The van der Waals surface area contributed by atoms with Crippen molar-refractivity contribution in [3.05, 3.63) is 17.8 Å². The normalized spacial score (nSPS) is 24.2. The standard InChI is InChI=1S/C11H14F3N3O/c1-7-8(4-5-18-7)6-15-10-3-2-9(16-17-10)11(12,13)14/h2-3,7-8H,4-6H2,1H3,(H,15,17). The second-order valence-corrected chi connectivity index (χ2v) is 4.31. The average molecular weight is 261 g/mol. The Morgan fingerprint density at radius 2 is 2.17 bits per heavy atom. The van der Waals surface area contributed by atoms with E-state index in [-0.39, 0.29) is 6.10 Å². The molecule has 1 aromatic rings. The van der Waals surface area contributed by atoms with E-state index in [2.05, 4.69) is 15.5 Å². The van der Waals surface area contributed by atoms with Crippen LogP contribution in [0.2, 0.25) is 0 Å². The van der Waals surface area contributed by atoms with Gasteiger partial charge in [0.25, 0.3) is 0 Å². The summed E-state index contributed by atoms with van der Waals surface area (Å²) in [6.07, 6.45) is -3.33. The molecule has 2 unspecified atom stereocenters. The van der Waals surface area contributed by atoms with Gasteiger partial charge in [0.05, 0.1) is 6.10 Å². The zero-order valence-corrected chi connectivity index (χ0v) is 9.87. The molecule has 1 aliphatic heterocycles. The second kappa shape index (κ2) is 5.09. The molecule has 1 aliphatic rings. The zero-order chi connectivity index (χ0) is 13.2. The van der Waals surface area contributed by atoms with Gasteiger partial charge in [0.1, 0.15) is 5.82 Å². The SMILES string of the molecule is CC1OCCC1CNc1ccc(C(F)(F)F)nn1. The molecule has 0 radical (unpaired) electrons. The molecule has 0 aromatic carbocycles. The van der Waals surface area contributed by atoms with E-state index in [4.69, 9.17) is 4.74 Å². The Labute approximate surface area is 103 Å². The smallest absolute Gasteiger partial charge is 0.378 e. The van der Waals surface area contributed by atoms with Crippen LogP contribution in [0.25, 0.3) is 0 Å². The van der Waals surface area contributed by atoms with E-state index >= 15 is 0 Å². The molecule has 1 N–H and O–H groups in total. The fourth-order valence-corrected chi connectivity index (χ4v) is 1.86. The van der Waals surface area contributed by atoms with Gasteiger partial charge in [0.2, 0.25) is 0 Å². The molecule has 2 atom stereocenters. The summed E-state index contributed by atoms with van der Waals surface area (Å²) >= 11 is 0. The molecule has 2 rings (SSSR count). The highest BCUT2D eigenvalue weighted by Gasteiger charge is 2.33. The van der Waals surface area contributed by atoms with E-state index in [0.717, 1.165) is 19.1 Å². The number of nitrogens with one attached hydrogen (secondary N) is 1. The van der Waals surface area contributed by atoms with Gasteiger partial charge in [0.15, 0.2) is 5.69 Å². The number of anilines is 1. The molecule has 100 valence electrons. The molecule has 1 saturated heterocycles. The molecular weight excluding hydrogens is 247 g/mol. The summed E-state index contributed by atoms with van der Waals surface area (Å²) in [5.74, 6) is 0.705. The maximum absolute atomic E-state index is 12.3. The first kappa shape index (κ1) is 13.1. The van der Waals surface area contributed by atoms with Crippen molar-refractivity contribution >= 4 is 5.82 Å². The van der Waals surface area contributed by atoms with Crippen LogP contribution in [0.15, 0.2) is 12.1 Å². The quantitative estimate of drug-likeness (QED) is 0.907. The molecule has 18 heavy (non-hydrogen) atoms. The lowest BCUT2D eigenvalue weighted by Crippen LogP contribution is -2.21. The van der Waals surface area contributed by atoms with Crippen LogP contribution in [-0.2, 0) is 10.9 Å². The Balaban J connectivity index is 1.90. The molecule has 0 saturated carbocycles. The van der Waals surface area contributed by atoms with Crippen LogP contribution in [0.5, 0.6) is 0 Å². The van der Waals surface area contributed by atoms with Gasteiger partial charge in [-0.3, -0.25) is 0 Å². The molecule has 0 bridgehead atoms. The van der Waals surface area contributed by atoms with E-state index in [1.54, 1.807) is 0 Å². The summed E-state index contributed by atoms with van der Waals surface area (Å²) in [5, 5.41) is 9.63. The lowest BCUT2D eigenvalue weighted by atomic mass is 10.0. The molecule has 1 fully saturated rings. The highest BCUT2D eigenvalue weighted by atomic mass is 19.4. The summed E-state index contributed by atoms with van der Waals surface area (Å²) in [4.78, 5) is 0. The number of hydrogen-bond acceptors (Lipinski definition) is 4. The Bertz CT molecular complexity index is 394. The van der Waals surface area contributed by atoms with Gasteiger partial charge in [-0.05, 0) is 25.5 Å². The highest BCUT2D eigenvalue weighted by Crippen LogP contribution is 2.27. The summed E-state index contributed by atoms with van der Waals surface area (Å²) in [6.45, 7) is 3.34. The Morgan fingerprint density at radius 1 is 1.39 bits per heavy atom. The molecule has 0 spiro atoms. The molecule has 7 heteroatoms. The number of aromatic nitrogens is 2. The molecular formula is C11H14F3N3O. The van der Waals surface area contributed by atoms with Crippen LogP contribution in [0.3, 0.4) is 0 Å². The van der Waals surface area contributed by atoms with Gasteiger partial charge >= 0.3 is 6.18 Å². The first-order valence-corrected chi connectivity index (χ1v) is 5.73. The summed E-state index contributed by atoms with van der Waals surface area (Å²) in [7, 11) is 0. The number of alkyl halides is 3. The van der Waals surface area contributed by atoms with E-state index in [1.165, 1.54) is 6.07 Å². The summed E-state index contributed by atoms with van der Waals surface area (Å²) in [6, 6.07) is 2.21. The summed E-state index contributed by atoms with van der Waals surface area (Å²) < 4.78 is 42.2. The predicted octanol–water partition coefficient (Wildman–Crippen LogP) is 2.33. The van der Waals surface area contributed by atoms with Crippen molar-refractivity contribution in [1.29, 1.82) is 0 Å².